The fraction of sp³-hybridized carbons (Fsp3) is 0.250. The Balaban J connectivity index is 1.78. The summed E-state index contributed by atoms with van der Waals surface area (Å²) in [6.45, 7) is 2.59. The van der Waals surface area contributed by atoms with E-state index in [1.54, 1.807) is 36.5 Å². The molecule has 0 aliphatic carbocycles. The third-order valence-corrected chi connectivity index (χ3v) is 5.85. The van der Waals surface area contributed by atoms with Crippen molar-refractivity contribution in [3.05, 3.63) is 87.5 Å². The van der Waals surface area contributed by atoms with E-state index in [0.717, 1.165) is 11.1 Å². The van der Waals surface area contributed by atoms with Crippen LogP contribution in [0.1, 0.15) is 28.8 Å². The lowest BCUT2D eigenvalue weighted by Crippen LogP contribution is -2.41. The Bertz CT molecular complexity index is 1070. The van der Waals surface area contributed by atoms with Crippen molar-refractivity contribution in [2.24, 2.45) is 0 Å². The zero-order valence-electron chi connectivity index (χ0n) is 16.7. The van der Waals surface area contributed by atoms with Crippen LogP contribution in [-0.4, -0.2) is 41.3 Å². The number of nitriles is 1. The fourth-order valence-electron chi connectivity index (χ4n) is 3.96. The summed E-state index contributed by atoms with van der Waals surface area (Å²) >= 11 is 12.4. The molecule has 2 atom stereocenters. The predicted molar refractivity (Wildman–Crippen MR) is 121 cm³/mol. The molecule has 0 unspecified atom stereocenters. The molecule has 1 N–H and O–H groups in total. The summed E-state index contributed by atoms with van der Waals surface area (Å²) in [5, 5.41) is 21.8. The van der Waals surface area contributed by atoms with E-state index in [4.69, 9.17) is 33.2 Å². The number of ether oxygens (including phenoxy) is 1. The van der Waals surface area contributed by atoms with Gasteiger partial charge in [0, 0.05) is 40.5 Å². The number of aromatic nitrogens is 1. The first-order valence-corrected chi connectivity index (χ1v) is 10.7. The highest BCUT2D eigenvalue weighted by atomic mass is 35.5. The van der Waals surface area contributed by atoms with Gasteiger partial charge < -0.3 is 9.84 Å². The van der Waals surface area contributed by atoms with Crippen molar-refractivity contribution in [3.8, 4) is 17.3 Å². The zero-order chi connectivity index (χ0) is 21.8. The van der Waals surface area contributed by atoms with Crippen molar-refractivity contribution in [2.45, 2.75) is 12.1 Å². The number of hydrogen-bond acceptors (Lipinski definition) is 5. The lowest BCUT2D eigenvalue weighted by molar-refractivity contribution is -0.0237. The Morgan fingerprint density at radius 1 is 1.03 bits per heavy atom. The van der Waals surface area contributed by atoms with Crippen molar-refractivity contribution in [2.75, 3.05) is 26.3 Å². The highest BCUT2D eigenvalue weighted by molar-refractivity contribution is 6.35. The summed E-state index contributed by atoms with van der Waals surface area (Å²) in [7, 11) is 0. The van der Waals surface area contributed by atoms with Gasteiger partial charge in [-0.25, -0.2) is 0 Å². The van der Waals surface area contributed by atoms with Gasteiger partial charge in [-0.05, 0) is 42.0 Å². The summed E-state index contributed by atoms with van der Waals surface area (Å²) in [5.41, 5.74) is 3.56. The largest absolute Gasteiger partial charge is 0.386 e. The van der Waals surface area contributed by atoms with Crippen LogP contribution >= 0.6 is 23.2 Å². The van der Waals surface area contributed by atoms with Crippen LogP contribution in [0.25, 0.3) is 11.3 Å². The van der Waals surface area contributed by atoms with Gasteiger partial charge in [0.1, 0.15) is 6.10 Å². The minimum absolute atomic E-state index is 0.325. The standard InChI is InChI=1S/C24H21Cl2N3O2/c25-19-12-18(13-20(26)14-19)22-21(2-1-7-28-22)24(30)23(29-8-10-31-11-9-29)17-5-3-16(15-27)4-6-17/h1-7,12-14,23-24,30H,8-11H2/t23-,24+/m0/s1. The van der Waals surface area contributed by atoms with Crippen LogP contribution in [0, 0.1) is 11.3 Å². The van der Waals surface area contributed by atoms with Crippen molar-refractivity contribution in [3.63, 3.8) is 0 Å². The Morgan fingerprint density at radius 2 is 1.71 bits per heavy atom. The van der Waals surface area contributed by atoms with Crippen LogP contribution < -0.4 is 0 Å². The van der Waals surface area contributed by atoms with Crippen LogP contribution in [-0.2, 0) is 4.74 Å². The first kappa shape index (κ1) is 21.8. The molecule has 5 nitrogen and oxygen atoms in total. The molecular weight excluding hydrogens is 433 g/mol. The van der Waals surface area contributed by atoms with E-state index in [-0.39, 0.29) is 6.04 Å². The quantitative estimate of drug-likeness (QED) is 0.586. The Kier molecular flexibility index (Phi) is 6.86. The number of morpholine rings is 1. The van der Waals surface area contributed by atoms with E-state index < -0.39 is 6.10 Å². The van der Waals surface area contributed by atoms with Crippen molar-refractivity contribution in [1.29, 1.82) is 5.26 Å². The third kappa shape index (κ3) is 4.90. The molecule has 1 aliphatic heterocycles. The molecule has 2 aromatic carbocycles. The first-order chi connectivity index (χ1) is 15.1. The maximum absolute atomic E-state index is 11.6. The van der Waals surface area contributed by atoms with Crippen LogP contribution in [0.5, 0.6) is 0 Å². The molecule has 7 heteroatoms. The molecule has 1 saturated heterocycles. The second-order valence-electron chi connectivity index (χ2n) is 7.37. The van der Waals surface area contributed by atoms with Gasteiger partial charge in [-0.15, -0.1) is 0 Å². The molecule has 1 fully saturated rings. The maximum atomic E-state index is 11.6. The maximum Gasteiger partial charge on any atom is 0.101 e. The molecular formula is C24H21Cl2N3O2. The molecule has 0 saturated carbocycles. The third-order valence-electron chi connectivity index (χ3n) is 5.41. The second-order valence-corrected chi connectivity index (χ2v) is 8.24. The number of aliphatic hydroxyl groups is 1. The smallest absolute Gasteiger partial charge is 0.101 e. The highest BCUT2D eigenvalue weighted by Crippen LogP contribution is 2.39. The molecule has 0 amide bonds. The van der Waals surface area contributed by atoms with E-state index in [1.807, 2.05) is 24.3 Å². The molecule has 158 valence electrons. The van der Waals surface area contributed by atoms with E-state index in [2.05, 4.69) is 16.0 Å². The monoisotopic (exact) mass is 453 g/mol. The summed E-state index contributed by atoms with van der Waals surface area (Å²) in [6.07, 6.45) is 0.818. The van der Waals surface area contributed by atoms with Gasteiger partial charge in [0.2, 0.25) is 0 Å². The van der Waals surface area contributed by atoms with Crippen molar-refractivity contribution in [1.82, 2.24) is 9.88 Å². The molecule has 2 heterocycles. The van der Waals surface area contributed by atoms with E-state index >= 15 is 0 Å². The Hall–Kier alpha value is -2.46. The minimum Gasteiger partial charge on any atom is -0.386 e. The van der Waals surface area contributed by atoms with E-state index in [1.165, 1.54) is 0 Å². The lowest BCUT2D eigenvalue weighted by atomic mass is 9.91. The average Bonchev–Trinajstić information content (AvgIpc) is 2.80. The molecule has 3 aromatic rings. The summed E-state index contributed by atoms with van der Waals surface area (Å²) in [5.74, 6) is 0. The number of benzene rings is 2. The van der Waals surface area contributed by atoms with Gasteiger partial charge in [-0.2, -0.15) is 5.26 Å². The molecule has 0 bridgehead atoms. The molecule has 0 radical (unpaired) electrons. The minimum atomic E-state index is -0.868. The summed E-state index contributed by atoms with van der Waals surface area (Å²) in [6, 6.07) is 18.1. The molecule has 4 rings (SSSR count). The van der Waals surface area contributed by atoms with Gasteiger partial charge in [0.05, 0.1) is 36.6 Å². The van der Waals surface area contributed by atoms with Gasteiger partial charge in [-0.1, -0.05) is 41.4 Å². The summed E-state index contributed by atoms with van der Waals surface area (Å²) < 4.78 is 5.52. The second kappa shape index (κ2) is 9.78. The van der Waals surface area contributed by atoms with Crippen LogP contribution in [0.4, 0.5) is 0 Å². The summed E-state index contributed by atoms with van der Waals surface area (Å²) in [4.78, 5) is 6.74. The number of pyridine rings is 1. The SMILES string of the molecule is N#Cc1ccc([C@@H]([C@H](O)c2cccnc2-c2cc(Cl)cc(Cl)c2)N2CCOCC2)cc1. The fourth-order valence-corrected chi connectivity index (χ4v) is 4.49. The lowest BCUT2D eigenvalue weighted by Gasteiger charge is -2.38. The van der Waals surface area contributed by atoms with Gasteiger partial charge in [0.25, 0.3) is 0 Å². The molecule has 0 spiro atoms. The van der Waals surface area contributed by atoms with E-state index in [0.29, 0.717) is 53.2 Å². The number of halogens is 2. The first-order valence-electron chi connectivity index (χ1n) is 9.98. The van der Waals surface area contributed by atoms with Crippen LogP contribution in [0.3, 0.4) is 0 Å². The van der Waals surface area contributed by atoms with Gasteiger partial charge in [-0.3, -0.25) is 9.88 Å². The van der Waals surface area contributed by atoms with Crippen LogP contribution in [0.15, 0.2) is 60.8 Å². The van der Waals surface area contributed by atoms with E-state index in [9.17, 15) is 5.11 Å². The Morgan fingerprint density at radius 3 is 2.35 bits per heavy atom. The van der Waals surface area contributed by atoms with Gasteiger partial charge >= 0.3 is 0 Å². The normalized spacial score (nSPS) is 16.5. The van der Waals surface area contributed by atoms with Crippen LogP contribution in [0.2, 0.25) is 10.0 Å². The molecule has 1 aliphatic rings. The molecule has 1 aromatic heterocycles. The number of rotatable bonds is 5. The average molecular weight is 454 g/mol. The zero-order valence-corrected chi connectivity index (χ0v) is 18.2. The predicted octanol–water partition coefficient (Wildman–Crippen LogP) is 5.03. The number of nitrogens with zero attached hydrogens (tertiary/aromatic N) is 3. The number of hydrogen-bond donors (Lipinski definition) is 1. The molecule has 31 heavy (non-hydrogen) atoms. The highest BCUT2D eigenvalue weighted by Gasteiger charge is 2.32. The van der Waals surface area contributed by atoms with Gasteiger partial charge in [0.15, 0.2) is 0 Å². The number of aliphatic hydroxyl groups excluding tert-OH is 1. The van der Waals surface area contributed by atoms with Crippen molar-refractivity contribution < 1.29 is 9.84 Å². The Labute approximate surface area is 191 Å². The topological polar surface area (TPSA) is 69.4 Å². The van der Waals surface area contributed by atoms with Crippen molar-refractivity contribution >= 4 is 23.2 Å².